The van der Waals surface area contributed by atoms with Crippen LogP contribution < -0.4 is 10.2 Å². The lowest BCUT2D eigenvalue weighted by atomic mass is 10.1. The minimum Gasteiger partial charge on any atom is -0.360 e. The molecule has 1 N–H and O–H groups in total. The van der Waals surface area contributed by atoms with Gasteiger partial charge in [0.15, 0.2) is 5.82 Å². The minimum absolute atomic E-state index is 0.197. The zero-order valence-corrected chi connectivity index (χ0v) is 13.6. The lowest BCUT2D eigenvalue weighted by Gasteiger charge is -2.24. The van der Waals surface area contributed by atoms with Crippen LogP contribution in [-0.4, -0.2) is 23.5 Å². The molecule has 0 unspecified atom stereocenters. The van der Waals surface area contributed by atoms with Gasteiger partial charge in [0, 0.05) is 26.0 Å². The molecule has 2 aromatic rings. The van der Waals surface area contributed by atoms with Crippen LogP contribution in [0.3, 0.4) is 0 Å². The summed E-state index contributed by atoms with van der Waals surface area (Å²) >= 11 is 0. The lowest BCUT2D eigenvalue weighted by Crippen LogP contribution is -2.33. The Labute approximate surface area is 141 Å². The van der Waals surface area contributed by atoms with Crippen LogP contribution in [0.5, 0.6) is 0 Å². The molecule has 1 aromatic carbocycles. The summed E-state index contributed by atoms with van der Waals surface area (Å²) in [6.45, 7) is 2.59. The molecule has 0 spiro atoms. The third-order valence-electron chi connectivity index (χ3n) is 3.34. The molecule has 6 nitrogen and oxygen atoms in total. The standard InChI is InChI=1S/C16H16F3N3O3/c1-10-9-14(21-25-10)20-15(24)7-8-22(11(2)23)13-6-4-3-5-12(13)16(17,18)19/h3-6,9H,7-8H2,1-2H3,(H,20,21,24). The first kappa shape index (κ1) is 18.5. The summed E-state index contributed by atoms with van der Waals surface area (Å²) < 4.78 is 44.2. The number of anilines is 2. The SMILES string of the molecule is CC(=O)N(CCC(=O)Nc1cc(C)on1)c1ccccc1C(F)(F)F. The Morgan fingerprint density at radius 1 is 1.28 bits per heavy atom. The van der Waals surface area contributed by atoms with Crippen LogP contribution in [0.2, 0.25) is 0 Å². The summed E-state index contributed by atoms with van der Waals surface area (Å²) in [7, 11) is 0. The number of nitrogens with zero attached hydrogens (tertiary/aromatic N) is 2. The number of rotatable bonds is 5. The zero-order chi connectivity index (χ0) is 18.6. The average Bonchev–Trinajstić information content (AvgIpc) is 2.91. The number of carbonyl (C=O) groups excluding carboxylic acids is 2. The predicted molar refractivity (Wildman–Crippen MR) is 84.0 cm³/mol. The van der Waals surface area contributed by atoms with E-state index in [4.69, 9.17) is 4.52 Å². The molecule has 2 amide bonds. The smallest absolute Gasteiger partial charge is 0.360 e. The van der Waals surface area contributed by atoms with E-state index in [9.17, 15) is 22.8 Å². The van der Waals surface area contributed by atoms with Gasteiger partial charge in [-0.2, -0.15) is 13.2 Å². The van der Waals surface area contributed by atoms with Crippen molar-refractivity contribution < 1.29 is 27.3 Å². The van der Waals surface area contributed by atoms with Crippen molar-refractivity contribution in [3.05, 3.63) is 41.7 Å². The molecule has 0 atom stereocenters. The van der Waals surface area contributed by atoms with Crippen LogP contribution in [0.4, 0.5) is 24.7 Å². The second-order valence-electron chi connectivity index (χ2n) is 5.31. The number of para-hydroxylation sites is 1. The molecular formula is C16H16F3N3O3. The number of halogens is 3. The third-order valence-corrected chi connectivity index (χ3v) is 3.34. The highest BCUT2D eigenvalue weighted by molar-refractivity contribution is 5.95. The second kappa shape index (κ2) is 7.37. The third kappa shape index (κ3) is 4.82. The number of nitrogens with one attached hydrogen (secondary N) is 1. The van der Waals surface area contributed by atoms with E-state index in [0.29, 0.717) is 5.76 Å². The maximum Gasteiger partial charge on any atom is 0.418 e. The molecule has 0 radical (unpaired) electrons. The van der Waals surface area contributed by atoms with Crippen molar-refractivity contribution in [3.8, 4) is 0 Å². The zero-order valence-electron chi connectivity index (χ0n) is 13.6. The van der Waals surface area contributed by atoms with Crippen molar-refractivity contribution in [1.82, 2.24) is 5.16 Å². The number of benzene rings is 1. The Bertz CT molecular complexity index is 771. The molecule has 0 saturated carbocycles. The molecule has 25 heavy (non-hydrogen) atoms. The van der Waals surface area contributed by atoms with Crippen molar-refractivity contribution in [2.24, 2.45) is 0 Å². The first-order chi connectivity index (χ1) is 11.7. The fourth-order valence-electron chi connectivity index (χ4n) is 2.24. The van der Waals surface area contributed by atoms with E-state index < -0.39 is 23.6 Å². The van der Waals surface area contributed by atoms with Gasteiger partial charge in [0.2, 0.25) is 11.8 Å². The van der Waals surface area contributed by atoms with Crippen molar-refractivity contribution in [2.45, 2.75) is 26.4 Å². The van der Waals surface area contributed by atoms with Gasteiger partial charge >= 0.3 is 6.18 Å². The maximum atomic E-state index is 13.1. The molecule has 134 valence electrons. The summed E-state index contributed by atoms with van der Waals surface area (Å²) in [5, 5.41) is 6.04. The molecule has 9 heteroatoms. The van der Waals surface area contributed by atoms with E-state index in [2.05, 4.69) is 10.5 Å². The Hall–Kier alpha value is -2.84. The van der Waals surface area contributed by atoms with Crippen LogP contribution in [0.1, 0.15) is 24.7 Å². The van der Waals surface area contributed by atoms with Crippen LogP contribution >= 0.6 is 0 Å². The average molecular weight is 355 g/mol. The summed E-state index contributed by atoms with van der Waals surface area (Å²) in [5.74, 6) is -0.391. The Morgan fingerprint density at radius 3 is 2.52 bits per heavy atom. The molecular weight excluding hydrogens is 339 g/mol. The fourth-order valence-corrected chi connectivity index (χ4v) is 2.24. The van der Waals surface area contributed by atoms with Gasteiger partial charge in [-0.1, -0.05) is 17.3 Å². The Balaban J connectivity index is 2.12. The number of aryl methyl sites for hydroxylation is 1. The van der Waals surface area contributed by atoms with Crippen LogP contribution in [0, 0.1) is 6.92 Å². The van der Waals surface area contributed by atoms with Gasteiger partial charge in [0.05, 0.1) is 11.3 Å². The molecule has 1 aromatic heterocycles. The van der Waals surface area contributed by atoms with Crippen LogP contribution in [0.15, 0.2) is 34.9 Å². The summed E-state index contributed by atoms with van der Waals surface area (Å²) in [4.78, 5) is 24.6. The summed E-state index contributed by atoms with van der Waals surface area (Å²) in [6.07, 6.45) is -4.80. The molecule has 0 aliphatic heterocycles. The molecule has 2 rings (SSSR count). The van der Waals surface area contributed by atoms with E-state index >= 15 is 0 Å². The number of alkyl halides is 3. The second-order valence-corrected chi connectivity index (χ2v) is 5.31. The van der Waals surface area contributed by atoms with Gasteiger partial charge < -0.3 is 14.7 Å². The van der Waals surface area contributed by atoms with Gasteiger partial charge in [-0.25, -0.2) is 0 Å². The van der Waals surface area contributed by atoms with Crippen LogP contribution in [-0.2, 0) is 15.8 Å². The van der Waals surface area contributed by atoms with Gasteiger partial charge in [-0.15, -0.1) is 0 Å². The normalized spacial score (nSPS) is 11.2. The number of aromatic nitrogens is 1. The maximum absolute atomic E-state index is 13.1. The predicted octanol–water partition coefficient (Wildman–Crippen LogP) is 3.38. The number of carbonyl (C=O) groups is 2. The molecule has 0 aliphatic rings. The van der Waals surface area contributed by atoms with Gasteiger partial charge in [-0.3, -0.25) is 9.59 Å². The molecule has 0 bridgehead atoms. The van der Waals surface area contributed by atoms with Crippen molar-refractivity contribution in [1.29, 1.82) is 0 Å². The first-order valence-corrected chi connectivity index (χ1v) is 7.36. The Morgan fingerprint density at radius 2 is 1.96 bits per heavy atom. The fraction of sp³-hybridized carbons (Fsp3) is 0.312. The van der Waals surface area contributed by atoms with Gasteiger partial charge in [0.25, 0.3) is 0 Å². The first-order valence-electron chi connectivity index (χ1n) is 7.36. The topological polar surface area (TPSA) is 75.4 Å². The van der Waals surface area contributed by atoms with Crippen LogP contribution in [0.25, 0.3) is 0 Å². The highest BCUT2D eigenvalue weighted by Gasteiger charge is 2.35. The number of amides is 2. The van der Waals surface area contributed by atoms with Gasteiger partial charge in [-0.05, 0) is 19.1 Å². The summed E-state index contributed by atoms with van der Waals surface area (Å²) in [5.41, 5.74) is -1.22. The van der Waals surface area contributed by atoms with E-state index in [-0.39, 0.29) is 24.5 Å². The lowest BCUT2D eigenvalue weighted by molar-refractivity contribution is -0.137. The highest BCUT2D eigenvalue weighted by atomic mass is 19.4. The monoisotopic (exact) mass is 355 g/mol. The van der Waals surface area contributed by atoms with Gasteiger partial charge in [0.1, 0.15) is 5.76 Å². The molecule has 0 fully saturated rings. The largest absolute Gasteiger partial charge is 0.418 e. The molecule has 1 heterocycles. The minimum atomic E-state index is -4.61. The molecule has 0 aliphatic carbocycles. The van der Waals surface area contributed by atoms with E-state index in [1.807, 2.05) is 0 Å². The number of hydrogen-bond acceptors (Lipinski definition) is 4. The summed E-state index contributed by atoms with van der Waals surface area (Å²) in [6, 6.07) is 6.23. The number of hydrogen-bond donors (Lipinski definition) is 1. The van der Waals surface area contributed by atoms with E-state index in [0.717, 1.165) is 17.9 Å². The quantitative estimate of drug-likeness (QED) is 0.892. The molecule has 0 saturated heterocycles. The highest BCUT2D eigenvalue weighted by Crippen LogP contribution is 2.36. The van der Waals surface area contributed by atoms with Crippen molar-refractivity contribution in [2.75, 3.05) is 16.8 Å². The Kier molecular flexibility index (Phi) is 5.45. The van der Waals surface area contributed by atoms with E-state index in [1.165, 1.54) is 24.3 Å². The van der Waals surface area contributed by atoms with E-state index in [1.54, 1.807) is 6.92 Å². The van der Waals surface area contributed by atoms with Crippen molar-refractivity contribution >= 4 is 23.3 Å². The van der Waals surface area contributed by atoms with Crippen molar-refractivity contribution in [3.63, 3.8) is 0 Å².